The van der Waals surface area contributed by atoms with Crippen LogP contribution >= 0.6 is 31.9 Å². The van der Waals surface area contributed by atoms with Gasteiger partial charge < -0.3 is 10.5 Å². The molecule has 0 saturated heterocycles. The Morgan fingerprint density at radius 1 is 1.30 bits per heavy atom. The van der Waals surface area contributed by atoms with Gasteiger partial charge in [-0.2, -0.15) is 5.10 Å². The molecule has 20 heavy (non-hydrogen) atoms. The quantitative estimate of drug-likeness (QED) is 0.825. The molecule has 2 aromatic rings. The average Bonchev–Trinajstić information content (AvgIpc) is 2.80. The van der Waals surface area contributed by atoms with Gasteiger partial charge in [-0.1, -0.05) is 38.8 Å². The zero-order valence-electron chi connectivity index (χ0n) is 11.4. The number of methoxy groups -OCH3 is 1. The monoisotopic (exact) mass is 401 g/mol. The maximum absolute atomic E-state index is 6.42. The highest BCUT2D eigenvalue weighted by molar-refractivity contribution is 9.11. The average molecular weight is 403 g/mol. The number of rotatable bonds is 5. The minimum atomic E-state index is -0.284. The van der Waals surface area contributed by atoms with Crippen LogP contribution in [0, 0.1) is 0 Å². The molecule has 2 rings (SSSR count). The number of hydrogen-bond donors (Lipinski definition) is 1. The predicted octanol–water partition coefficient (Wildman–Crippen LogP) is 3.87. The fraction of sp³-hybridized carbons (Fsp3) is 0.357. The SMILES string of the molecule is CCCn1ncc(OC)c1C(N)c1cc(Br)cc(Br)c1. The zero-order valence-corrected chi connectivity index (χ0v) is 14.6. The summed E-state index contributed by atoms with van der Waals surface area (Å²) >= 11 is 6.98. The third-order valence-corrected chi connectivity index (χ3v) is 3.95. The Kier molecular flexibility index (Phi) is 5.23. The molecule has 0 fully saturated rings. The van der Waals surface area contributed by atoms with Crippen molar-refractivity contribution in [3.05, 3.63) is 44.6 Å². The van der Waals surface area contributed by atoms with Crippen molar-refractivity contribution in [2.24, 2.45) is 5.73 Å². The molecule has 1 unspecified atom stereocenters. The summed E-state index contributed by atoms with van der Waals surface area (Å²) in [5, 5.41) is 4.36. The molecule has 0 aliphatic carbocycles. The summed E-state index contributed by atoms with van der Waals surface area (Å²) in [6, 6.07) is 5.72. The van der Waals surface area contributed by atoms with E-state index in [0.717, 1.165) is 38.9 Å². The molecule has 0 aliphatic heterocycles. The van der Waals surface area contributed by atoms with Crippen molar-refractivity contribution < 1.29 is 4.74 Å². The first kappa shape index (κ1) is 15.5. The zero-order chi connectivity index (χ0) is 14.7. The molecule has 1 heterocycles. The lowest BCUT2D eigenvalue weighted by Gasteiger charge is -2.16. The number of nitrogens with zero attached hydrogens (tertiary/aromatic N) is 2. The van der Waals surface area contributed by atoms with Gasteiger partial charge >= 0.3 is 0 Å². The van der Waals surface area contributed by atoms with Gasteiger partial charge in [-0.05, 0) is 30.2 Å². The lowest BCUT2D eigenvalue weighted by molar-refractivity contribution is 0.404. The molecule has 0 spiro atoms. The molecular formula is C14H17Br2N3O. The number of aromatic nitrogens is 2. The molecule has 108 valence electrons. The normalized spacial score (nSPS) is 12.4. The van der Waals surface area contributed by atoms with Crippen molar-refractivity contribution in [2.45, 2.75) is 25.9 Å². The number of halogens is 2. The van der Waals surface area contributed by atoms with E-state index in [1.807, 2.05) is 22.9 Å². The first-order valence-electron chi connectivity index (χ1n) is 6.38. The molecule has 0 bridgehead atoms. The third kappa shape index (κ3) is 3.24. The first-order chi connectivity index (χ1) is 9.56. The highest BCUT2D eigenvalue weighted by Crippen LogP contribution is 2.31. The van der Waals surface area contributed by atoms with E-state index in [0.29, 0.717) is 0 Å². The summed E-state index contributed by atoms with van der Waals surface area (Å²) in [7, 11) is 1.64. The summed E-state index contributed by atoms with van der Waals surface area (Å²) < 4.78 is 9.27. The van der Waals surface area contributed by atoms with Crippen molar-refractivity contribution in [1.82, 2.24) is 9.78 Å². The van der Waals surface area contributed by atoms with E-state index in [-0.39, 0.29) is 6.04 Å². The maximum Gasteiger partial charge on any atom is 0.161 e. The van der Waals surface area contributed by atoms with E-state index in [4.69, 9.17) is 10.5 Å². The maximum atomic E-state index is 6.42. The molecule has 1 aromatic carbocycles. The van der Waals surface area contributed by atoms with Crippen LogP contribution in [-0.2, 0) is 6.54 Å². The van der Waals surface area contributed by atoms with Crippen LogP contribution in [0.5, 0.6) is 5.75 Å². The Balaban J connectivity index is 2.45. The van der Waals surface area contributed by atoms with E-state index >= 15 is 0 Å². The van der Waals surface area contributed by atoms with Crippen LogP contribution in [0.3, 0.4) is 0 Å². The van der Waals surface area contributed by atoms with Crippen molar-refractivity contribution >= 4 is 31.9 Å². The van der Waals surface area contributed by atoms with Crippen LogP contribution in [0.2, 0.25) is 0 Å². The van der Waals surface area contributed by atoms with Crippen LogP contribution < -0.4 is 10.5 Å². The van der Waals surface area contributed by atoms with Gasteiger partial charge in [0.2, 0.25) is 0 Å². The van der Waals surface area contributed by atoms with E-state index in [9.17, 15) is 0 Å². The van der Waals surface area contributed by atoms with Gasteiger partial charge in [-0.25, -0.2) is 0 Å². The standard InChI is InChI=1S/C14H17Br2N3O/c1-3-4-19-14(12(20-2)8-18-19)13(17)9-5-10(15)7-11(16)6-9/h5-8,13H,3-4,17H2,1-2H3. The highest BCUT2D eigenvalue weighted by Gasteiger charge is 2.20. The van der Waals surface area contributed by atoms with Gasteiger partial charge in [0.05, 0.1) is 19.3 Å². The van der Waals surface area contributed by atoms with Crippen LogP contribution in [0.4, 0.5) is 0 Å². The van der Waals surface area contributed by atoms with Gasteiger partial charge in [0.25, 0.3) is 0 Å². The fourth-order valence-electron chi connectivity index (χ4n) is 2.15. The predicted molar refractivity (Wildman–Crippen MR) is 86.9 cm³/mol. The topological polar surface area (TPSA) is 53.1 Å². The van der Waals surface area contributed by atoms with Crippen LogP contribution in [0.15, 0.2) is 33.3 Å². The molecular weight excluding hydrogens is 386 g/mol. The van der Waals surface area contributed by atoms with Crippen LogP contribution in [-0.4, -0.2) is 16.9 Å². The first-order valence-corrected chi connectivity index (χ1v) is 7.96. The molecule has 4 nitrogen and oxygen atoms in total. The highest BCUT2D eigenvalue weighted by atomic mass is 79.9. The minimum absolute atomic E-state index is 0.284. The fourth-order valence-corrected chi connectivity index (χ4v) is 3.48. The van der Waals surface area contributed by atoms with Gasteiger partial charge in [-0.15, -0.1) is 0 Å². The summed E-state index contributed by atoms with van der Waals surface area (Å²) in [5.74, 6) is 0.724. The van der Waals surface area contributed by atoms with Crippen LogP contribution in [0.1, 0.15) is 30.6 Å². The number of hydrogen-bond acceptors (Lipinski definition) is 3. The van der Waals surface area contributed by atoms with Crippen molar-refractivity contribution in [1.29, 1.82) is 0 Å². The number of ether oxygens (including phenoxy) is 1. The Morgan fingerprint density at radius 3 is 2.50 bits per heavy atom. The lowest BCUT2D eigenvalue weighted by atomic mass is 10.0. The molecule has 0 saturated carbocycles. The lowest BCUT2D eigenvalue weighted by Crippen LogP contribution is -2.18. The van der Waals surface area contributed by atoms with Crippen molar-refractivity contribution in [3.63, 3.8) is 0 Å². The summed E-state index contributed by atoms with van der Waals surface area (Å²) in [4.78, 5) is 0. The van der Waals surface area contributed by atoms with Gasteiger partial charge in [0, 0.05) is 15.5 Å². The molecule has 0 radical (unpaired) electrons. The second-order valence-corrected chi connectivity index (χ2v) is 6.33. The second-order valence-electron chi connectivity index (χ2n) is 4.50. The van der Waals surface area contributed by atoms with Gasteiger partial charge in [0.1, 0.15) is 5.69 Å². The Hall–Kier alpha value is -0.850. The van der Waals surface area contributed by atoms with E-state index in [1.165, 1.54) is 0 Å². The Bertz CT molecular complexity index is 578. The van der Waals surface area contributed by atoms with Gasteiger partial charge in [-0.3, -0.25) is 4.68 Å². The molecule has 1 aromatic heterocycles. The minimum Gasteiger partial charge on any atom is -0.493 e. The Morgan fingerprint density at radius 2 is 1.95 bits per heavy atom. The Labute approximate surface area is 135 Å². The van der Waals surface area contributed by atoms with E-state index in [2.05, 4.69) is 43.9 Å². The molecule has 0 amide bonds. The number of benzene rings is 1. The van der Waals surface area contributed by atoms with Crippen molar-refractivity contribution in [2.75, 3.05) is 7.11 Å². The largest absolute Gasteiger partial charge is 0.493 e. The van der Waals surface area contributed by atoms with E-state index < -0.39 is 0 Å². The number of aryl methyl sites for hydroxylation is 1. The summed E-state index contributed by atoms with van der Waals surface area (Å²) in [6.07, 6.45) is 2.71. The molecule has 6 heteroatoms. The van der Waals surface area contributed by atoms with Gasteiger partial charge in [0.15, 0.2) is 5.75 Å². The molecule has 1 atom stereocenters. The summed E-state index contributed by atoms with van der Waals surface area (Å²) in [6.45, 7) is 2.93. The summed E-state index contributed by atoms with van der Waals surface area (Å²) in [5.41, 5.74) is 8.33. The number of nitrogens with two attached hydrogens (primary N) is 1. The third-order valence-electron chi connectivity index (χ3n) is 3.04. The second kappa shape index (κ2) is 6.74. The van der Waals surface area contributed by atoms with Crippen molar-refractivity contribution in [3.8, 4) is 5.75 Å². The van der Waals surface area contributed by atoms with Crippen LogP contribution in [0.25, 0.3) is 0 Å². The smallest absolute Gasteiger partial charge is 0.161 e. The van der Waals surface area contributed by atoms with E-state index in [1.54, 1.807) is 13.3 Å². The molecule has 0 aliphatic rings. The molecule has 2 N–H and O–H groups in total.